The van der Waals surface area contributed by atoms with E-state index in [4.69, 9.17) is 0 Å². The highest BCUT2D eigenvalue weighted by Gasteiger charge is 2.34. The van der Waals surface area contributed by atoms with Gasteiger partial charge in [0.25, 0.3) is 0 Å². The summed E-state index contributed by atoms with van der Waals surface area (Å²) < 4.78 is 2.16. The van der Waals surface area contributed by atoms with E-state index in [1.807, 2.05) is 12.3 Å². The van der Waals surface area contributed by atoms with Crippen molar-refractivity contribution in [2.24, 2.45) is 11.8 Å². The van der Waals surface area contributed by atoms with Crippen molar-refractivity contribution >= 4 is 0 Å². The van der Waals surface area contributed by atoms with Gasteiger partial charge in [-0.25, -0.2) is 0 Å². The second-order valence-corrected chi connectivity index (χ2v) is 5.59. The summed E-state index contributed by atoms with van der Waals surface area (Å²) >= 11 is 0. The lowest BCUT2D eigenvalue weighted by atomic mass is 9.76. The van der Waals surface area contributed by atoms with Crippen LogP contribution in [0.2, 0.25) is 0 Å². The molecule has 4 atom stereocenters. The second kappa shape index (κ2) is 5.67. The molecule has 0 radical (unpaired) electrons. The minimum atomic E-state index is 0.521. The number of rotatable bonds is 4. The van der Waals surface area contributed by atoms with Gasteiger partial charge in [0.05, 0.1) is 6.04 Å². The molecule has 0 bridgehead atoms. The maximum Gasteiger partial charge on any atom is 0.0697 e. The van der Waals surface area contributed by atoms with E-state index in [1.165, 1.54) is 19.3 Å². The third kappa shape index (κ3) is 2.89. The van der Waals surface area contributed by atoms with Crippen molar-refractivity contribution in [2.45, 2.75) is 52.1 Å². The van der Waals surface area contributed by atoms with Gasteiger partial charge in [-0.3, -0.25) is 4.68 Å². The lowest BCUT2D eigenvalue weighted by Gasteiger charge is -2.40. The molecule has 17 heavy (non-hydrogen) atoms. The molecule has 1 aliphatic rings. The Balaban J connectivity index is 2.12. The molecule has 1 aromatic heterocycles. The molecule has 3 heteroatoms. The summed E-state index contributed by atoms with van der Waals surface area (Å²) in [6.45, 7) is 8.08. The first kappa shape index (κ1) is 12.6. The van der Waals surface area contributed by atoms with Gasteiger partial charge in [0.15, 0.2) is 0 Å². The summed E-state index contributed by atoms with van der Waals surface area (Å²) in [4.78, 5) is 0. The Labute approximate surface area is 105 Å². The number of nitrogens with one attached hydrogen (secondary N) is 1. The summed E-state index contributed by atoms with van der Waals surface area (Å²) in [6.07, 6.45) is 7.79. The SMILES string of the molecule is CCCNC1CC(C)CC(C)C1n1cccn1. The summed E-state index contributed by atoms with van der Waals surface area (Å²) in [7, 11) is 0. The summed E-state index contributed by atoms with van der Waals surface area (Å²) in [5, 5.41) is 8.16. The number of hydrogen-bond donors (Lipinski definition) is 1. The van der Waals surface area contributed by atoms with Crippen molar-refractivity contribution in [3.05, 3.63) is 18.5 Å². The van der Waals surface area contributed by atoms with Crippen molar-refractivity contribution in [3.8, 4) is 0 Å². The summed E-state index contributed by atoms with van der Waals surface area (Å²) in [5.41, 5.74) is 0. The molecule has 1 aliphatic carbocycles. The largest absolute Gasteiger partial charge is 0.312 e. The Bertz CT molecular complexity index is 320. The molecule has 0 aliphatic heterocycles. The highest BCUT2D eigenvalue weighted by molar-refractivity contribution is 4.93. The normalized spacial score (nSPS) is 33.8. The first-order valence-electron chi connectivity index (χ1n) is 6.94. The van der Waals surface area contributed by atoms with Crippen LogP contribution in [0.3, 0.4) is 0 Å². The van der Waals surface area contributed by atoms with E-state index in [-0.39, 0.29) is 0 Å². The lowest BCUT2D eigenvalue weighted by Crippen LogP contribution is -2.45. The van der Waals surface area contributed by atoms with E-state index < -0.39 is 0 Å². The fourth-order valence-corrected chi connectivity index (χ4v) is 3.28. The summed E-state index contributed by atoms with van der Waals surface area (Å²) in [6, 6.07) is 3.13. The Morgan fingerprint density at radius 2 is 2.18 bits per heavy atom. The van der Waals surface area contributed by atoms with Gasteiger partial charge in [0, 0.05) is 18.4 Å². The van der Waals surface area contributed by atoms with Crippen LogP contribution in [-0.2, 0) is 0 Å². The van der Waals surface area contributed by atoms with Gasteiger partial charge in [-0.05, 0) is 43.7 Å². The van der Waals surface area contributed by atoms with Crippen LogP contribution in [0, 0.1) is 11.8 Å². The van der Waals surface area contributed by atoms with E-state index in [1.54, 1.807) is 0 Å². The Kier molecular flexibility index (Phi) is 4.21. The molecule has 1 N–H and O–H groups in total. The molecule has 3 nitrogen and oxygen atoms in total. The maximum atomic E-state index is 4.45. The fraction of sp³-hybridized carbons (Fsp3) is 0.786. The third-order valence-corrected chi connectivity index (χ3v) is 3.91. The summed E-state index contributed by atoms with van der Waals surface area (Å²) in [5.74, 6) is 1.53. The molecule has 0 aromatic carbocycles. The predicted octanol–water partition coefficient (Wildman–Crippen LogP) is 2.86. The molecular weight excluding hydrogens is 210 g/mol. The Morgan fingerprint density at radius 1 is 1.35 bits per heavy atom. The van der Waals surface area contributed by atoms with Crippen LogP contribution in [0.1, 0.15) is 46.1 Å². The quantitative estimate of drug-likeness (QED) is 0.869. The van der Waals surface area contributed by atoms with Gasteiger partial charge in [-0.1, -0.05) is 20.8 Å². The minimum Gasteiger partial charge on any atom is -0.312 e. The average molecular weight is 235 g/mol. The molecule has 0 saturated heterocycles. The topological polar surface area (TPSA) is 29.9 Å². The van der Waals surface area contributed by atoms with Crippen LogP contribution in [0.15, 0.2) is 18.5 Å². The van der Waals surface area contributed by atoms with Crippen LogP contribution in [0.25, 0.3) is 0 Å². The molecule has 1 saturated carbocycles. The van der Waals surface area contributed by atoms with Gasteiger partial charge in [0.2, 0.25) is 0 Å². The maximum absolute atomic E-state index is 4.45. The molecule has 1 aromatic rings. The van der Waals surface area contributed by atoms with Crippen LogP contribution in [0.4, 0.5) is 0 Å². The number of nitrogens with zero attached hydrogens (tertiary/aromatic N) is 2. The minimum absolute atomic E-state index is 0.521. The lowest BCUT2D eigenvalue weighted by molar-refractivity contribution is 0.143. The van der Waals surface area contributed by atoms with Crippen LogP contribution >= 0.6 is 0 Å². The van der Waals surface area contributed by atoms with Crippen molar-refractivity contribution in [1.82, 2.24) is 15.1 Å². The molecular formula is C14H25N3. The Morgan fingerprint density at radius 3 is 2.82 bits per heavy atom. The van der Waals surface area contributed by atoms with Crippen molar-refractivity contribution < 1.29 is 0 Å². The van der Waals surface area contributed by atoms with E-state index in [0.717, 1.165) is 12.5 Å². The van der Waals surface area contributed by atoms with Gasteiger partial charge >= 0.3 is 0 Å². The third-order valence-electron chi connectivity index (χ3n) is 3.91. The monoisotopic (exact) mass is 235 g/mol. The Hall–Kier alpha value is -0.830. The predicted molar refractivity (Wildman–Crippen MR) is 70.9 cm³/mol. The molecule has 4 unspecified atom stereocenters. The van der Waals surface area contributed by atoms with Gasteiger partial charge in [-0.15, -0.1) is 0 Å². The zero-order chi connectivity index (χ0) is 12.3. The van der Waals surface area contributed by atoms with E-state index >= 15 is 0 Å². The van der Waals surface area contributed by atoms with Crippen LogP contribution in [0.5, 0.6) is 0 Å². The van der Waals surface area contributed by atoms with Crippen molar-refractivity contribution in [3.63, 3.8) is 0 Å². The van der Waals surface area contributed by atoms with Crippen LogP contribution in [-0.4, -0.2) is 22.4 Å². The van der Waals surface area contributed by atoms with Gasteiger partial charge < -0.3 is 5.32 Å². The van der Waals surface area contributed by atoms with E-state index in [9.17, 15) is 0 Å². The first-order valence-corrected chi connectivity index (χ1v) is 6.94. The average Bonchev–Trinajstić information content (AvgIpc) is 2.78. The first-order chi connectivity index (χ1) is 8.22. The van der Waals surface area contributed by atoms with Gasteiger partial charge in [0.1, 0.15) is 0 Å². The van der Waals surface area contributed by atoms with E-state index in [0.29, 0.717) is 18.0 Å². The van der Waals surface area contributed by atoms with E-state index in [2.05, 4.69) is 42.1 Å². The molecule has 2 rings (SSSR count). The second-order valence-electron chi connectivity index (χ2n) is 5.59. The fourth-order valence-electron chi connectivity index (χ4n) is 3.28. The standard InChI is InChI=1S/C14H25N3/c1-4-6-15-13-10-11(2)9-12(3)14(13)17-8-5-7-16-17/h5,7-8,11-15H,4,6,9-10H2,1-3H3. The molecule has 1 fully saturated rings. The van der Waals surface area contributed by atoms with Crippen LogP contribution < -0.4 is 5.32 Å². The highest BCUT2D eigenvalue weighted by Crippen LogP contribution is 2.36. The number of aromatic nitrogens is 2. The van der Waals surface area contributed by atoms with Crippen molar-refractivity contribution in [1.29, 1.82) is 0 Å². The van der Waals surface area contributed by atoms with Gasteiger partial charge in [-0.2, -0.15) is 5.10 Å². The number of hydrogen-bond acceptors (Lipinski definition) is 2. The molecule has 1 heterocycles. The van der Waals surface area contributed by atoms with Crippen molar-refractivity contribution in [2.75, 3.05) is 6.54 Å². The zero-order valence-corrected chi connectivity index (χ0v) is 11.3. The smallest absolute Gasteiger partial charge is 0.0697 e. The molecule has 0 amide bonds. The molecule has 96 valence electrons. The molecule has 0 spiro atoms. The zero-order valence-electron chi connectivity index (χ0n) is 11.3. The highest BCUT2D eigenvalue weighted by atomic mass is 15.3.